The van der Waals surface area contributed by atoms with Crippen molar-refractivity contribution in [3.8, 4) is 0 Å². The van der Waals surface area contributed by atoms with E-state index in [0.29, 0.717) is 25.2 Å². The lowest BCUT2D eigenvalue weighted by molar-refractivity contribution is 0.169. The molecule has 1 aromatic carbocycles. The smallest absolute Gasteiger partial charge is 0.149 e. The third kappa shape index (κ3) is 3.52. The molecule has 0 aromatic heterocycles. The van der Waals surface area contributed by atoms with Gasteiger partial charge in [-0.3, -0.25) is 4.90 Å². The van der Waals surface area contributed by atoms with E-state index in [4.69, 9.17) is 0 Å². The zero-order chi connectivity index (χ0) is 15.6. The molecule has 1 heterocycles. The van der Waals surface area contributed by atoms with Crippen LogP contribution in [0.5, 0.6) is 0 Å². The lowest BCUT2D eigenvalue weighted by atomic mass is 10.1. The third-order valence-corrected chi connectivity index (χ3v) is 4.33. The van der Waals surface area contributed by atoms with Gasteiger partial charge in [-0.05, 0) is 45.1 Å². The number of anilines is 1. The van der Waals surface area contributed by atoms with E-state index in [2.05, 4.69) is 31.1 Å². The normalized spacial score (nSPS) is 23.6. The van der Waals surface area contributed by atoms with Gasteiger partial charge in [0, 0.05) is 31.7 Å². The molecule has 1 fully saturated rings. The van der Waals surface area contributed by atoms with Crippen LogP contribution in [0.4, 0.5) is 14.5 Å². The Morgan fingerprint density at radius 2 is 1.67 bits per heavy atom. The molecule has 0 spiro atoms. The van der Waals surface area contributed by atoms with Gasteiger partial charge < -0.3 is 10.2 Å². The van der Waals surface area contributed by atoms with Crippen molar-refractivity contribution in [2.24, 2.45) is 0 Å². The highest BCUT2D eigenvalue weighted by Crippen LogP contribution is 2.28. The number of likely N-dealkylation sites (N-methyl/N-ethyl adjacent to an activating group) is 1. The van der Waals surface area contributed by atoms with Crippen LogP contribution in [0.2, 0.25) is 0 Å². The highest BCUT2D eigenvalue weighted by molar-refractivity contribution is 5.51. The van der Waals surface area contributed by atoms with Gasteiger partial charge in [-0.1, -0.05) is 6.92 Å². The molecule has 5 heteroatoms. The van der Waals surface area contributed by atoms with Crippen molar-refractivity contribution in [2.75, 3.05) is 31.6 Å². The Labute approximate surface area is 125 Å². The van der Waals surface area contributed by atoms with Gasteiger partial charge in [-0.15, -0.1) is 0 Å². The fourth-order valence-corrected chi connectivity index (χ4v) is 2.88. The Hall–Kier alpha value is -1.20. The highest BCUT2D eigenvalue weighted by atomic mass is 19.1. The number of nitrogens with one attached hydrogen (secondary N) is 1. The van der Waals surface area contributed by atoms with E-state index in [1.807, 2.05) is 11.8 Å². The molecule has 1 N–H and O–H groups in total. The first-order valence-electron chi connectivity index (χ1n) is 7.59. The Morgan fingerprint density at radius 1 is 1.14 bits per heavy atom. The molecule has 1 saturated heterocycles. The lowest BCUT2D eigenvalue weighted by Crippen LogP contribution is -2.55. The fourth-order valence-electron chi connectivity index (χ4n) is 2.88. The van der Waals surface area contributed by atoms with Crippen LogP contribution in [0.3, 0.4) is 0 Å². The summed E-state index contributed by atoms with van der Waals surface area (Å²) < 4.78 is 28.7. The summed E-state index contributed by atoms with van der Waals surface area (Å²) in [6, 6.07) is 3.42. The summed E-state index contributed by atoms with van der Waals surface area (Å²) in [5.74, 6) is -0.932. The first-order chi connectivity index (χ1) is 9.93. The molecule has 0 radical (unpaired) electrons. The zero-order valence-electron chi connectivity index (χ0n) is 13.3. The van der Waals surface area contributed by atoms with Crippen molar-refractivity contribution in [3.05, 3.63) is 29.3 Å². The molecular formula is C16H25F2N3. The summed E-state index contributed by atoms with van der Waals surface area (Å²) in [6.07, 6.45) is 0. The monoisotopic (exact) mass is 297 g/mol. The van der Waals surface area contributed by atoms with Crippen LogP contribution in [-0.2, 0) is 6.54 Å². The van der Waals surface area contributed by atoms with Crippen LogP contribution in [0.1, 0.15) is 26.3 Å². The molecule has 1 aliphatic rings. The Bertz CT molecular complexity index is 457. The maximum atomic E-state index is 14.4. The van der Waals surface area contributed by atoms with Crippen LogP contribution < -0.4 is 10.2 Å². The first kappa shape index (κ1) is 16.2. The maximum absolute atomic E-state index is 14.4. The Kier molecular flexibility index (Phi) is 5.17. The topological polar surface area (TPSA) is 18.5 Å². The molecule has 21 heavy (non-hydrogen) atoms. The standard InChI is InChI=1S/C16H25F2N3/c1-5-19-8-13-6-14(17)16(15(18)7-13)21-9-11(2)20(4)12(3)10-21/h6-7,11-12,19H,5,8-10H2,1-4H3. The van der Waals surface area contributed by atoms with Gasteiger partial charge in [0.15, 0.2) is 0 Å². The molecule has 2 atom stereocenters. The lowest BCUT2D eigenvalue weighted by Gasteiger charge is -2.43. The second kappa shape index (κ2) is 6.71. The van der Waals surface area contributed by atoms with Crippen LogP contribution >= 0.6 is 0 Å². The second-order valence-corrected chi connectivity index (χ2v) is 5.96. The summed E-state index contributed by atoms with van der Waals surface area (Å²) in [4.78, 5) is 4.07. The third-order valence-electron chi connectivity index (χ3n) is 4.33. The number of hydrogen-bond acceptors (Lipinski definition) is 3. The molecule has 0 saturated carbocycles. The van der Waals surface area contributed by atoms with Crippen molar-refractivity contribution in [1.29, 1.82) is 0 Å². The Morgan fingerprint density at radius 3 is 2.14 bits per heavy atom. The van der Waals surface area contributed by atoms with E-state index in [-0.39, 0.29) is 17.8 Å². The number of nitrogens with zero attached hydrogens (tertiary/aromatic N) is 2. The Balaban J connectivity index is 2.23. The number of halogens is 2. The number of rotatable bonds is 4. The number of benzene rings is 1. The maximum Gasteiger partial charge on any atom is 0.149 e. The molecule has 0 aliphatic carbocycles. The van der Waals surface area contributed by atoms with Crippen LogP contribution in [0.15, 0.2) is 12.1 Å². The molecule has 118 valence electrons. The van der Waals surface area contributed by atoms with Gasteiger partial charge in [-0.2, -0.15) is 0 Å². The van der Waals surface area contributed by atoms with Crippen molar-refractivity contribution < 1.29 is 8.78 Å². The first-order valence-corrected chi connectivity index (χ1v) is 7.59. The molecular weight excluding hydrogens is 272 g/mol. The summed E-state index contributed by atoms with van der Waals surface area (Å²) in [7, 11) is 2.05. The molecule has 2 unspecified atom stereocenters. The van der Waals surface area contributed by atoms with E-state index < -0.39 is 11.6 Å². The van der Waals surface area contributed by atoms with Crippen LogP contribution in [-0.4, -0.2) is 43.7 Å². The summed E-state index contributed by atoms with van der Waals surface area (Å²) in [5.41, 5.74) is 0.757. The van der Waals surface area contributed by atoms with E-state index in [1.54, 1.807) is 0 Å². The summed E-state index contributed by atoms with van der Waals surface area (Å²) in [5, 5.41) is 3.08. The van der Waals surface area contributed by atoms with Gasteiger partial charge in [0.1, 0.15) is 17.3 Å². The van der Waals surface area contributed by atoms with E-state index in [0.717, 1.165) is 6.54 Å². The summed E-state index contributed by atoms with van der Waals surface area (Å²) >= 11 is 0. The molecule has 3 nitrogen and oxygen atoms in total. The van der Waals surface area contributed by atoms with E-state index >= 15 is 0 Å². The minimum atomic E-state index is -0.466. The van der Waals surface area contributed by atoms with Gasteiger partial charge in [0.2, 0.25) is 0 Å². The average molecular weight is 297 g/mol. The predicted octanol–water partition coefficient (Wildman–Crippen LogP) is 2.60. The minimum Gasteiger partial charge on any atom is -0.364 e. The van der Waals surface area contributed by atoms with Crippen molar-refractivity contribution in [2.45, 2.75) is 39.4 Å². The zero-order valence-corrected chi connectivity index (χ0v) is 13.3. The fraction of sp³-hybridized carbons (Fsp3) is 0.625. The van der Waals surface area contributed by atoms with E-state index in [1.165, 1.54) is 12.1 Å². The van der Waals surface area contributed by atoms with Crippen molar-refractivity contribution >= 4 is 5.69 Å². The largest absolute Gasteiger partial charge is 0.364 e. The molecule has 1 aliphatic heterocycles. The predicted molar refractivity (Wildman–Crippen MR) is 82.6 cm³/mol. The molecule has 0 bridgehead atoms. The molecule has 0 amide bonds. The highest BCUT2D eigenvalue weighted by Gasteiger charge is 2.29. The number of hydrogen-bond donors (Lipinski definition) is 1. The van der Waals surface area contributed by atoms with Gasteiger partial charge in [0.05, 0.1) is 0 Å². The van der Waals surface area contributed by atoms with Crippen LogP contribution in [0.25, 0.3) is 0 Å². The number of piperazine rings is 1. The average Bonchev–Trinajstić information content (AvgIpc) is 2.41. The summed E-state index contributed by atoms with van der Waals surface area (Å²) in [6.45, 7) is 8.67. The van der Waals surface area contributed by atoms with Crippen LogP contribution in [0, 0.1) is 11.6 Å². The molecule has 1 aromatic rings. The van der Waals surface area contributed by atoms with Gasteiger partial charge >= 0.3 is 0 Å². The quantitative estimate of drug-likeness (QED) is 0.921. The SMILES string of the molecule is CCNCc1cc(F)c(N2CC(C)N(C)C(C)C2)c(F)c1. The second-order valence-electron chi connectivity index (χ2n) is 5.96. The minimum absolute atomic E-state index is 0.113. The van der Waals surface area contributed by atoms with E-state index in [9.17, 15) is 8.78 Å². The molecule has 2 rings (SSSR count). The van der Waals surface area contributed by atoms with Crippen molar-refractivity contribution in [3.63, 3.8) is 0 Å². The van der Waals surface area contributed by atoms with Gasteiger partial charge in [0.25, 0.3) is 0 Å². The van der Waals surface area contributed by atoms with Gasteiger partial charge in [-0.25, -0.2) is 8.78 Å². The van der Waals surface area contributed by atoms with Crippen molar-refractivity contribution in [1.82, 2.24) is 10.2 Å².